The molecular formula is H5BrClFO8S. The van der Waals surface area contributed by atoms with E-state index in [0.29, 0.717) is 0 Å². The fraction of sp³-hybridized carbons (Fsp3) is 0. The molecule has 12 heavy (non-hydrogen) atoms. The smallest absolute Gasteiger partial charge is 0.269 e. The zero-order chi connectivity index (χ0) is 9.00. The van der Waals surface area contributed by atoms with Gasteiger partial charge in [0.25, 0.3) is 0 Å². The summed E-state index contributed by atoms with van der Waals surface area (Å²) in [5, 5.41) is 0. The molecule has 12 heteroatoms. The molecule has 0 aliphatic heterocycles. The molecule has 0 atom stereocenters. The van der Waals surface area contributed by atoms with Crippen LogP contribution in [0.3, 0.4) is 0 Å². The lowest BCUT2D eigenvalue weighted by Gasteiger charge is -2.03. The van der Waals surface area contributed by atoms with E-state index in [1.807, 2.05) is 0 Å². The van der Waals surface area contributed by atoms with Gasteiger partial charge in [0.05, 0.1) is 14.9 Å². The SMILES string of the molecule is Br.F.O=S(=O)(O)O.[O-][Cl+3]([O-])([O-])O. The van der Waals surface area contributed by atoms with E-state index < -0.39 is 20.6 Å². The molecule has 0 saturated carbocycles. The van der Waals surface area contributed by atoms with Crippen LogP contribution in [0.4, 0.5) is 4.70 Å². The lowest BCUT2D eigenvalue weighted by atomic mass is 15.8. The lowest BCUT2D eigenvalue weighted by Crippen LogP contribution is -2.58. The Kier molecular flexibility index (Phi) is 15.3. The van der Waals surface area contributed by atoms with Crippen molar-refractivity contribution in [2.75, 3.05) is 0 Å². The Labute approximate surface area is 78.9 Å². The normalized spacial score (nSPS) is 9.83. The van der Waals surface area contributed by atoms with E-state index in [9.17, 15) is 0 Å². The molecule has 80 valence electrons. The minimum Gasteiger partial charge on any atom is -0.269 e. The van der Waals surface area contributed by atoms with Crippen molar-refractivity contribution in [1.29, 1.82) is 0 Å². The van der Waals surface area contributed by atoms with Crippen LogP contribution in [-0.4, -0.2) is 22.2 Å². The maximum Gasteiger partial charge on any atom is 0.394 e. The molecule has 0 amide bonds. The van der Waals surface area contributed by atoms with Crippen LogP contribution in [0.15, 0.2) is 0 Å². The van der Waals surface area contributed by atoms with Crippen LogP contribution in [0.25, 0.3) is 0 Å². The van der Waals surface area contributed by atoms with E-state index in [4.69, 9.17) is 36.2 Å². The third kappa shape index (κ3) is 5480. The third-order valence-corrected chi connectivity index (χ3v) is 0. The van der Waals surface area contributed by atoms with Gasteiger partial charge >= 0.3 is 10.4 Å². The van der Waals surface area contributed by atoms with E-state index in [-0.39, 0.29) is 21.7 Å². The summed E-state index contributed by atoms with van der Waals surface area (Å²) in [4.78, 5) is 0. The first-order chi connectivity index (χ1) is 4.00. The first-order valence-corrected chi connectivity index (χ1v) is 3.99. The molecule has 0 radical (unpaired) electrons. The van der Waals surface area contributed by atoms with Crippen LogP contribution >= 0.6 is 17.0 Å². The monoisotopic (exact) mass is 298 g/mol. The van der Waals surface area contributed by atoms with Crippen LogP contribution < -0.4 is 14.0 Å². The van der Waals surface area contributed by atoms with Gasteiger partial charge in [-0.2, -0.15) is 22.4 Å². The Bertz CT molecular complexity index is 154. The predicted molar refractivity (Wildman–Crippen MR) is 29.2 cm³/mol. The molecule has 0 aliphatic carbocycles. The van der Waals surface area contributed by atoms with Crippen LogP contribution in [0.5, 0.6) is 0 Å². The van der Waals surface area contributed by atoms with E-state index >= 15 is 0 Å². The van der Waals surface area contributed by atoms with Crippen molar-refractivity contribution in [2.24, 2.45) is 0 Å². The summed E-state index contributed by atoms with van der Waals surface area (Å²) < 4.78 is 64.3. The molecule has 0 rings (SSSR count). The molecule has 0 spiro atoms. The molecule has 0 heterocycles. The average Bonchev–Trinajstić information content (AvgIpc) is 1.12. The summed E-state index contributed by atoms with van der Waals surface area (Å²) in [6, 6.07) is 0. The summed E-state index contributed by atoms with van der Waals surface area (Å²) in [5.41, 5.74) is 0. The van der Waals surface area contributed by atoms with Crippen LogP contribution in [0.2, 0.25) is 0 Å². The second kappa shape index (κ2) is 8.03. The summed E-state index contributed by atoms with van der Waals surface area (Å²) in [6.07, 6.45) is 0. The summed E-state index contributed by atoms with van der Waals surface area (Å²) >= 11 is 0. The van der Waals surface area contributed by atoms with Gasteiger partial charge in [0.1, 0.15) is 0 Å². The van der Waals surface area contributed by atoms with Gasteiger partial charge in [-0.1, -0.05) is 0 Å². The highest BCUT2D eigenvalue weighted by atomic mass is 79.9. The number of halogens is 3. The van der Waals surface area contributed by atoms with Crippen molar-refractivity contribution in [3.63, 3.8) is 0 Å². The van der Waals surface area contributed by atoms with Gasteiger partial charge in [-0.25, -0.2) is 0 Å². The quantitative estimate of drug-likeness (QED) is 0.380. The van der Waals surface area contributed by atoms with Gasteiger partial charge in [0.15, 0.2) is 0 Å². The Morgan fingerprint density at radius 2 is 1.08 bits per heavy atom. The first kappa shape index (κ1) is 22.8. The molecule has 0 aromatic heterocycles. The fourth-order valence-corrected chi connectivity index (χ4v) is 0. The molecule has 0 fully saturated rings. The highest BCUT2D eigenvalue weighted by molar-refractivity contribution is 8.93. The van der Waals surface area contributed by atoms with Crippen LogP contribution in [0, 0.1) is 10.2 Å². The number of rotatable bonds is 0. The molecule has 0 saturated heterocycles. The van der Waals surface area contributed by atoms with Crippen LogP contribution in [0.1, 0.15) is 0 Å². The van der Waals surface area contributed by atoms with E-state index in [2.05, 4.69) is 0 Å². The summed E-state index contributed by atoms with van der Waals surface area (Å²) in [7, 11) is -9.36. The molecule has 0 aliphatic rings. The second-order valence-corrected chi connectivity index (χ2v) is 2.53. The van der Waals surface area contributed by atoms with Crippen LogP contribution in [-0.2, 0) is 10.4 Å². The van der Waals surface area contributed by atoms with Crippen molar-refractivity contribution in [3.05, 3.63) is 0 Å². The van der Waals surface area contributed by atoms with Gasteiger partial charge in [-0.05, 0) is 0 Å². The first-order valence-electron chi connectivity index (χ1n) is 1.33. The lowest BCUT2D eigenvalue weighted by molar-refractivity contribution is -1.92. The molecule has 3 N–H and O–H groups in total. The number of hydrogen-bond acceptors (Lipinski definition) is 6. The molecule has 8 nitrogen and oxygen atoms in total. The molecule has 0 aromatic carbocycles. The average molecular weight is 299 g/mol. The van der Waals surface area contributed by atoms with Gasteiger partial charge in [-0.3, -0.25) is 13.8 Å². The molecule has 0 aromatic rings. The van der Waals surface area contributed by atoms with Gasteiger partial charge < -0.3 is 0 Å². The largest absolute Gasteiger partial charge is 0.394 e. The Hall–Kier alpha value is 0.410. The van der Waals surface area contributed by atoms with Gasteiger partial charge in [-0.15, -0.1) is 17.0 Å². The second-order valence-electron chi connectivity index (χ2n) is 0.844. The summed E-state index contributed by atoms with van der Waals surface area (Å²) in [5.74, 6) is 0. The van der Waals surface area contributed by atoms with E-state index in [1.54, 1.807) is 0 Å². The van der Waals surface area contributed by atoms with Crippen molar-refractivity contribution >= 4 is 27.4 Å². The Morgan fingerprint density at radius 3 is 1.08 bits per heavy atom. The maximum absolute atomic E-state index is 8.74. The topological polar surface area (TPSA) is 164 Å². The Balaban J connectivity index is -0.0000000457. The fourth-order valence-electron chi connectivity index (χ4n) is 0. The molecular weight excluding hydrogens is 294 g/mol. The minimum atomic E-state index is -4.69. The van der Waals surface area contributed by atoms with Crippen molar-refractivity contribution < 1.29 is 51.1 Å². The van der Waals surface area contributed by atoms with Gasteiger partial charge in [0.2, 0.25) is 0 Å². The van der Waals surface area contributed by atoms with Crippen molar-refractivity contribution in [3.8, 4) is 0 Å². The van der Waals surface area contributed by atoms with E-state index in [0.717, 1.165) is 0 Å². The molecule has 0 unspecified atom stereocenters. The Morgan fingerprint density at radius 1 is 1.08 bits per heavy atom. The van der Waals surface area contributed by atoms with Crippen molar-refractivity contribution in [2.45, 2.75) is 0 Å². The summed E-state index contributed by atoms with van der Waals surface area (Å²) in [6.45, 7) is 0. The predicted octanol–water partition coefficient (Wildman–Crippen LogP) is -4.05. The van der Waals surface area contributed by atoms with Crippen molar-refractivity contribution in [1.82, 2.24) is 0 Å². The zero-order valence-corrected chi connectivity index (χ0v) is 8.27. The highest BCUT2D eigenvalue weighted by Gasteiger charge is 1.98. The third-order valence-electron chi connectivity index (χ3n) is 0. The highest BCUT2D eigenvalue weighted by Crippen LogP contribution is 1.61. The standard InChI is InChI=1S/BrH.ClHO4.FH.H2O4S/c;2-1(3,4)5;;1-5(2,3)4/h1H;(H,2,3,4,5);1H;(H2,1,2,3,4). The maximum atomic E-state index is 8.74. The minimum absolute atomic E-state index is 0. The van der Waals surface area contributed by atoms with E-state index in [1.165, 1.54) is 0 Å². The zero-order valence-electron chi connectivity index (χ0n) is 4.99. The number of hydrogen-bond donors (Lipinski definition) is 3. The van der Waals surface area contributed by atoms with Gasteiger partial charge in [0, 0.05) is 0 Å². The molecule has 0 bridgehead atoms.